The molecule has 0 saturated heterocycles. The number of halogens is 1. The second kappa shape index (κ2) is 9.08. The molecule has 0 spiro atoms. The van der Waals surface area contributed by atoms with Crippen molar-refractivity contribution in [3.05, 3.63) is 59.2 Å². The average molecular weight is 453 g/mol. The molecule has 0 bridgehead atoms. The third kappa shape index (κ3) is 4.56. The fraction of sp³-hybridized carbons (Fsp3) is 0.385. The van der Waals surface area contributed by atoms with Crippen LogP contribution in [0.25, 0.3) is 21.9 Å². The number of aliphatic carboxylic acids is 1. The highest BCUT2D eigenvalue weighted by Crippen LogP contribution is 2.39. The molecule has 1 fully saturated rings. The van der Waals surface area contributed by atoms with Crippen LogP contribution in [0.15, 0.2) is 36.4 Å². The molecule has 1 aromatic heterocycles. The van der Waals surface area contributed by atoms with Crippen LogP contribution in [-0.2, 0) is 4.79 Å². The summed E-state index contributed by atoms with van der Waals surface area (Å²) in [7, 11) is 0. The number of pyridine rings is 1. The summed E-state index contributed by atoms with van der Waals surface area (Å²) in [5.41, 5.74) is 3.31. The first-order valence-electron chi connectivity index (χ1n) is 11.3. The minimum Gasteiger partial charge on any atom is -0.508 e. The van der Waals surface area contributed by atoms with E-state index in [1.807, 2.05) is 13.8 Å². The fourth-order valence-corrected chi connectivity index (χ4v) is 4.74. The van der Waals surface area contributed by atoms with E-state index in [1.54, 1.807) is 37.3 Å². The molecule has 1 saturated carbocycles. The second-order valence-electron chi connectivity index (χ2n) is 9.22. The zero-order valence-electron chi connectivity index (χ0n) is 19.0. The zero-order chi connectivity index (χ0) is 23.9. The number of carboxylic acids is 1. The molecule has 7 heteroatoms. The number of phenols is 1. The first-order valence-corrected chi connectivity index (χ1v) is 11.3. The molecule has 0 amide bonds. The van der Waals surface area contributed by atoms with Crippen molar-refractivity contribution in [1.82, 2.24) is 10.3 Å². The zero-order valence-corrected chi connectivity index (χ0v) is 19.0. The van der Waals surface area contributed by atoms with Crippen molar-refractivity contribution in [3.63, 3.8) is 0 Å². The third-order valence-corrected chi connectivity index (χ3v) is 6.47. The van der Waals surface area contributed by atoms with Crippen LogP contribution < -0.4 is 5.32 Å². The van der Waals surface area contributed by atoms with E-state index in [-0.39, 0.29) is 23.5 Å². The summed E-state index contributed by atoms with van der Waals surface area (Å²) in [6, 6.07) is 9.74. The number of hydrogen-bond donors (Lipinski definition) is 4. The van der Waals surface area contributed by atoms with Crippen LogP contribution >= 0.6 is 0 Å². The molecular weight excluding hydrogens is 423 g/mol. The second-order valence-corrected chi connectivity index (χ2v) is 9.22. The average Bonchev–Trinajstić information content (AvgIpc) is 3.23. The van der Waals surface area contributed by atoms with E-state index in [0.29, 0.717) is 35.9 Å². The predicted octanol–water partition coefficient (Wildman–Crippen LogP) is 5.01. The number of carbonyl (C=O) groups is 1. The maximum absolute atomic E-state index is 14.0. The Kier molecular flexibility index (Phi) is 6.36. The van der Waals surface area contributed by atoms with Gasteiger partial charge in [-0.15, -0.1) is 0 Å². The van der Waals surface area contributed by atoms with E-state index >= 15 is 0 Å². The number of aromatic nitrogens is 1. The molecule has 0 radical (unpaired) electrons. The lowest BCUT2D eigenvalue weighted by molar-refractivity contribution is -0.141. The van der Waals surface area contributed by atoms with Gasteiger partial charge in [0, 0.05) is 17.0 Å². The van der Waals surface area contributed by atoms with Crippen LogP contribution in [-0.4, -0.2) is 32.3 Å². The monoisotopic (exact) mass is 452 g/mol. The van der Waals surface area contributed by atoms with Crippen molar-refractivity contribution in [1.29, 1.82) is 0 Å². The van der Waals surface area contributed by atoms with Crippen molar-refractivity contribution in [2.75, 3.05) is 0 Å². The number of aliphatic hydroxyl groups is 1. The number of phenolic OH excluding ortho intramolecular Hbond substituents is 1. The van der Waals surface area contributed by atoms with Gasteiger partial charge in [-0.25, -0.2) is 4.39 Å². The van der Waals surface area contributed by atoms with Gasteiger partial charge < -0.3 is 15.3 Å². The van der Waals surface area contributed by atoms with Crippen LogP contribution in [0.3, 0.4) is 0 Å². The van der Waals surface area contributed by atoms with Gasteiger partial charge in [-0.1, -0.05) is 19.9 Å². The number of rotatable bonds is 6. The normalized spacial score (nSPS) is 19.3. The van der Waals surface area contributed by atoms with Gasteiger partial charge in [-0.3, -0.25) is 15.1 Å². The SMILES string of the molecule is Cc1cc(-c2c(C(C)C)nc(C(O)NC3CCC(C(=O)O)C3)c3cc(O)ccc23)ccc1F. The molecule has 174 valence electrons. The predicted molar refractivity (Wildman–Crippen MR) is 124 cm³/mol. The number of nitrogens with zero attached hydrogens (tertiary/aromatic N) is 1. The third-order valence-electron chi connectivity index (χ3n) is 6.47. The number of fused-ring (bicyclic) bond motifs is 1. The Labute approximate surface area is 192 Å². The largest absolute Gasteiger partial charge is 0.508 e. The minimum absolute atomic E-state index is 0.0115. The maximum Gasteiger partial charge on any atom is 0.306 e. The number of aliphatic hydroxyl groups excluding tert-OH is 1. The van der Waals surface area contributed by atoms with Gasteiger partial charge in [0.25, 0.3) is 0 Å². The van der Waals surface area contributed by atoms with Gasteiger partial charge in [-0.05, 0) is 78.9 Å². The molecule has 3 unspecified atom stereocenters. The van der Waals surface area contributed by atoms with Gasteiger partial charge in [0.05, 0.1) is 17.3 Å². The van der Waals surface area contributed by atoms with E-state index in [4.69, 9.17) is 4.98 Å². The van der Waals surface area contributed by atoms with E-state index in [1.165, 1.54) is 6.07 Å². The van der Waals surface area contributed by atoms with Crippen molar-refractivity contribution >= 4 is 16.7 Å². The van der Waals surface area contributed by atoms with E-state index in [2.05, 4.69) is 5.32 Å². The lowest BCUT2D eigenvalue weighted by atomic mass is 9.90. The number of nitrogens with one attached hydrogen (secondary N) is 1. The number of carboxylic acid groups (broad SMARTS) is 1. The molecule has 33 heavy (non-hydrogen) atoms. The molecule has 4 N–H and O–H groups in total. The van der Waals surface area contributed by atoms with Gasteiger partial charge in [0.2, 0.25) is 0 Å². The van der Waals surface area contributed by atoms with Gasteiger partial charge in [-0.2, -0.15) is 0 Å². The van der Waals surface area contributed by atoms with Crippen LogP contribution in [0.4, 0.5) is 4.39 Å². The smallest absolute Gasteiger partial charge is 0.306 e. The van der Waals surface area contributed by atoms with E-state index in [0.717, 1.165) is 22.2 Å². The molecule has 1 heterocycles. The van der Waals surface area contributed by atoms with Gasteiger partial charge in [0.15, 0.2) is 0 Å². The van der Waals surface area contributed by atoms with Crippen molar-refractivity contribution in [3.8, 4) is 16.9 Å². The van der Waals surface area contributed by atoms with Crippen LogP contribution in [0.2, 0.25) is 0 Å². The Morgan fingerprint density at radius 3 is 2.52 bits per heavy atom. The summed E-state index contributed by atoms with van der Waals surface area (Å²) in [5.74, 6) is -1.46. The highest BCUT2D eigenvalue weighted by Gasteiger charge is 2.32. The highest BCUT2D eigenvalue weighted by atomic mass is 19.1. The molecular formula is C26H29FN2O4. The number of hydrogen-bond acceptors (Lipinski definition) is 5. The van der Waals surface area contributed by atoms with E-state index in [9.17, 15) is 24.5 Å². The Balaban J connectivity index is 1.83. The summed E-state index contributed by atoms with van der Waals surface area (Å²) in [5, 5.41) is 35.1. The fourth-order valence-electron chi connectivity index (χ4n) is 4.74. The molecule has 4 rings (SSSR count). The standard InChI is InChI=1S/C26H29FN2O4/c1-13(2)23-22(15-5-9-21(27)14(3)10-15)19-8-7-18(30)12-20(19)24(29-23)25(31)28-17-6-4-16(11-17)26(32)33/h5,7-10,12-13,16-17,25,28,30-31H,4,6,11H2,1-3H3,(H,32,33). The van der Waals surface area contributed by atoms with Crippen molar-refractivity contribution in [2.24, 2.45) is 5.92 Å². The first-order chi connectivity index (χ1) is 15.7. The highest BCUT2D eigenvalue weighted by molar-refractivity contribution is 6.00. The van der Waals surface area contributed by atoms with Crippen LogP contribution in [0.1, 0.15) is 62.2 Å². The first kappa shape index (κ1) is 23.1. The Morgan fingerprint density at radius 2 is 1.88 bits per heavy atom. The number of aromatic hydroxyl groups is 1. The molecule has 3 aromatic rings. The molecule has 1 aliphatic carbocycles. The molecule has 0 aliphatic heterocycles. The topological polar surface area (TPSA) is 103 Å². The number of aryl methyl sites for hydroxylation is 1. The summed E-state index contributed by atoms with van der Waals surface area (Å²) in [4.78, 5) is 16.1. The van der Waals surface area contributed by atoms with Gasteiger partial charge >= 0.3 is 5.97 Å². The lowest BCUT2D eigenvalue weighted by Gasteiger charge is -2.23. The lowest BCUT2D eigenvalue weighted by Crippen LogP contribution is -2.32. The quantitative estimate of drug-likeness (QED) is 0.392. The van der Waals surface area contributed by atoms with Crippen molar-refractivity contribution < 1.29 is 24.5 Å². The number of benzene rings is 2. The maximum atomic E-state index is 14.0. The Hall–Kier alpha value is -3.03. The molecule has 3 atom stereocenters. The van der Waals surface area contributed by atoms with Gasteiger partial charge in [0.1, 0.15) is 17.8 Å². The minimum atomic E-state index is -1.13. The summed E-state index contributed by atoms with van der Waals surface area (Å²) < 4.78 is 14.0. The summed E-state index contributed by atoms with van der Waals surface area (Å²) in [6.07, 6.45) is 0.531. The Bertz CT molecular complexity index is 1210. The van der Waals surface area contributed by atoms with E-state index < -0.39 is 18.1 Å². The van der Waals surface area contributed by atoms with Crippen LogP contribution in [0, 0.1) is 18.7 Å². The summed E-state index contributed by atoms with van der Waals surface area (Å²) >= 11 is 0. The molecule has 6 nitrogen and oxygen atoms in total. The molecule has 1 aliphatic rings. The Morgan fingerprint density at radius 1 is 1.12 bits per heavy atom. The summed E-state index contributed by atoms with van der Waals surface area (Å²) in [6.45, 7) is 5.72. The molecule has 2 aromatic carbocycles. The van der Waals surface area contributed by atoms with Crippen LogP contribution in [0.5, 0.6) is 5.75 Å². The van der Waals surface area contributed by atoms with Crippen molar-refractivity contribution in [2.45, 2.75) is 58.2 Å².